The molecule has 0 unspecified atom stereocenters. The maximum absolute atomic E-state index is 5.39. The second kappa shape index (κ2) is 7.49. The van der Waals surface area contributed by atoms with Crippen LogP contribution in [0.3, 0.4) is 0 Å². The fourth-order valence-electron chi connectivity index (χ4n) is 2.29. The Bertz CT molecular complexity index is 635. The molecule has 0 saturated heterocycles. The number of aromatic nitrogens is 2. The SMILES string of the molecule is CN=C(NCc1cnn(C)c1)N(C)Cc1ccccc1OC. The summed E-state index contributed by atoms with van der Waals surface area (Å²) in [5.41, 5.74) is 2.24. The summed E-state index contributed by atoms with van der Waals surface area (Å²) in [7, 11) is 7.38. The van der Waals surface area contributed by atoms with Crippen molar-refractivity contribution in [3.05, 3.63) is 47.8 Å². The highest BCUT2D eigenvalue weighted by molar-refractivity contribution is 5.79. The molecule has 0 bridgehead atoms. The Hall–Kier alpha value is -2.50. The molecule has 0 aliphatic rings. The van der Waals surface area contributed by atoms with E-state index >= 15 is 0 Å². The molecule has 2 aromatic rings. The molecule has 0 atom stereocenters. The van der Waals surface area contributed by atoms with E-state index in [9.17, 15) is 0 Å². The number of aryl methyl sites for hydroxylation is 1. The molecule has 0 aliphatic heterocycles. The van der Waals surface area contributed by atoms with Gasteiger partial charge in [-0.05, 0) is 6.07 Å². The van der Waals surface area contributed by atoms with Crippen molar-refractivity contribution in [2.75, 3.05) is 21.2 Å². The number of aliphatic imine (C=N–C) groups is 1. The van der Waals surface area contributed by atoms with Gasteiger partial charge in [-0.25, -0.2) is 0 Å². The van der Waals surface area contributed by atoms with Crippen LogP contribution in [-0.4, -0.2) is 41.8 Å². The summed E-state index contributed by atoms with van der Waals surface area (Å²) in [6.07, 6.45) is 3.83. The highest BCUT2D eigenvalue weighted by atomic mass is 16.5. The van der Waals surface area contributed by atoms with Crippen LogP contribution in [0.2, 0.25) is 0 Å². The fourth-order valence-corrected chi connectivity index (χ4v) is 2.29. The van der Waals surface area contributed by atoms with Crippen molar-refractivity contribution in [3.8, 4) is 5.75 Å². The molecule has 118 valence electrons. The van der Waals surface area contributed by atoms with Crippen molar-refractivity contribution >= 4 is 5.96 Å². The van der Waals surface area contributed by atoms with Gasteiger partial charge in [0.1, 0.15) is 5.75 Å². The molecule has 1 heterocycles. The van der Waals surface area contributed by atoms with E-state index in [4.69, 9.17) is 4.74 Å². The van der Waals surface area contributed by atoms with Gasteiger partial charge in [0.15, 0.2) is 5.96 Å². The van der Waals surface area contributed by atoms with Crippen molar-refractivity contribution in [1.82, 2.24) is 20.0 Å². The van der Waals surface area contributed by atoms with Gasteiger partial charge in [0.25, 0.3) is 0 Å². The molecular weight excluding hydrogens is 278 g/mol. The second-order valence-corrected chi connectivity index (χ2v) is 5.09. The van der Waals surface area contributed by atoms with E-state index in [0.717, 1.165) is 29.4 Å². The van der Waals surface area contributed by atoms with Crippen LogP contribution in [0.1, 0.15) is 11.1 Å². The zero-order valence-electron chi connectivity index (χ0n) is 13.6. The summed E-state index contributed by atoms with van der Waals surface area (Å²) in [6, 6.07) is 8.01. The molecule has 6 nitrogen and oxygen atoms in total. The summed E-state index contributed by atoms with van der Waals surface area (Å²) in [5, 5.41) is 7.50. The Morgan fingerprint density at radius 2 is 2.18 bits per heavy atom. The van der Waals surface area contributed by atoms with Crippen LogP contribution in [0, 0.1) is 0 Å². The average Bonchev–Trinajstić information content (AvgIpc) is 2.94. The van der Waals surface area contributed by atoms with E-state index < -0.39 is 0 Å². The smallest absolute Gasteiger partial charge is 0.193 e. The molecule has 0 amide bonds. The summed E-state index contributed by atoms with van der Waals surface area (Å²) < 4.78 is 7.18. The molecule has 0 fully saturated rings. The zero-order valence-corrected chi connectivity index (χ0v) is 13.6. The maximum Gasteiger partial charge on any atom is 0.193 e. The number of hydrogen-bond donors (Lipinski definition) is 1. The van der Waals surface area contributed by atoms with Crippen LogP contribution in [-0.2, 0) is 20.1 Å². The highest BCUT2D eigenvalue weighted by Gasteiger charge is 2.10. The van der Waals surface area contributed by atoms with E-state index in [1.54, 1.807) is 18.8 Å². The van der Waals surface area contributed by atoms with Crippen molar-refractivity contribution in [2.45, 2.75) is 13.1 Å². The van der Waals surface area contributed by atoms with Gasteiger partial charge in [-0.2, -0.15) is 5.10 Å². The first kappa shape index (κ1) is 15.9. The van der Waals surface area contributed by atoms with E-state index in [-0.39, 0.29) is 0 Å². The van der Waals surface area contributed by atoms with Crippen LogP contribution in [0.25, 0.3) is 0 Å². The second-order valence-electron chi connectivity index (χ2n) is 5.09. The number of para-hydroxylation sites is 1. The Kier molecular flexibility index (Phi) is 5.41. The molecule has 0 saturated carbocycles. The molecule has 0 spiro atoms. The van der Waals surface area contributed by atoms with Crippen molar-refractivity contribution in [1.29, 1.82) is 0 Å². The molecule has 6 heteroatoms. The highest BCUT2D eigenvalue weighted by Crippen LogP contribution is 2.18. The summed E-state index contributed by atoms with van der Waals surface area (Å²) in [5.74, 6) is 1.71. The first-order valence-electron chi connectivity index (χ1n) is 7.15. The van der Waals surface area contributed by atoms with E-state index in [2.05, 4.69) is 26.4 Å². The number of hydrogen-bond acceptors (Lipinski definition) is 3. The van der Waals surface area contributed by atoms with Crippen LogP contribution < -0.4 is 10.1 Å². The van der Waals surface area contributed by atoms with Gasteiger partial charge in [0, 0.05) is 51.6 Å². The molecule has 1 aromatic carbocycles. The van der Waals surface area contributed by atoms with Crippen LogP contribution in [0.15, 0.2) is 41.7 Å². The molecule has 2 rings (SSSR count). The quantitative estimate of drug-likeness (QED) is 0.674. The van der Waals surface area contributed by atoms with E-state index in [0.29, 0.717) is 6.54 Å². The molecule has 1 N–H and O–H groups in total. The Labute approximate surface area is 131 Å². The minimum absolute atomic E-state index is 0.691. The number of rotatable bonds is 5. The van der Waals surface area contributed by atoms with Gasteiger partial charge >= 0.3 is 0 Å². The van der Waals surface area contributed by atoms with Crippen LogP contribution in [0.5, 0.6) is 5.75 Å². The van der Waals surface area contributed by atoms with Crippen molar-refractivity contribution in [2.24, 2.45) is 12.0 Å². The third-order valence-corrected chi connectivity index (χ3v) is 3.38. The van der Waals surface area contributed by atoms with Gasteiger partial charge in [0.2, 0.25) is 0 Å². The van der Waals surface area contributed by atoms with Gasteiger partial charge in [0.05, 0.1) is 13.3 Å². The predicted octanol–water partition coefficient (Wildman–Crippen LogP) is 1.64. The van der Waals surface area contributed by atoms with E-state index in [1.165, 1.54) is 0 Å². The monoisotopic (exact) mass is 301 g/mol. The molecule has 0 radical (unpaired) electrons. The largest absolute Gasteiger partial charge is 0.496 e. The molecule has 0 aliphatic carbocycles. The number of ether oxygens (including phenoxy) is 1. The standard InChI is InChI=1S/C16H23N5O/c1-17-16(18-9-13-10-19-21(3)11-13)20(2)12-14-7-5-6-8-15(14)22-4/h5-8,10-11H,9,12H2,1-4H3,(H,17,18). The average molecular weight is 301 g/mol. The normalized spacial score (nSPS) is 11.4. The summed E-state index contributed by atoms with van der Waals surface area (Å²) in [6.45, 7) is 1.41. The van der Waals surface area contributed by atoms with Crippen molar-refractivity contribution < 1.29 is 4.74 Å². The lowest BCUT2D eigenvalue weighted by Gasteiger charge is -2.22. The minimum Gasteiger partial charge on any atom is -0.496 e. The number of benzene rings is 1. The Morgan fingerprint density at radius 3 is 2.82 bits per heavy atom. The molecular formula is C16H23N5O. The molecule has 22 heavy (non-hydrogen) atoms. The van der Waals surface area contributed by atoms with Crippen LogP contribution in [0.4, 0.5) is 0 Å². The number of methoxy groups -OCH3 is 1. The lowest BCUT2D eigenvalue weighted by molar-refractivity contribution is 0.396. The summed E-state index contributed by atoms with van der Waals surface area (Å²) in [4.78, 5) is 6.39. The van der Waals surface area contributed by atoms with Crippen LogP contribution >= 0.6 is 0 Å². The van der Waals surface area contributed by atoms with Gasteiger partial charge < -0.3 is 15.0 Å². The predicted molar refractivity (Wildman–Crippen MR) is 87.9 cm³/mol. The lowest BCUT2D eigenvalue weighted by Crippen LogP contribution is -2.38. The lowest BCUT2D eigenvalue weighted by atomic mass is 10.2. The van der Waals surface area contributed by atoms with Gasteiger partial charge in [-0.3, -0.25) is 9.67 Å². The Balaban J connectivity index is 1.98. The zero-order chi connectivity index (χ0) is 15.9. The van der Waals surface area contributed by atoms with Gasteiger partial charge in [-0.1, -0.05) is 18.2 Å². The molecule has 1 aromatic heterocycles. The minimum atomic E-state index is 0.691. The first-order valence-corrected chi connectivity index (χ1v) is 7.15. The van der Waals surface area contributed by atoms with E-state index in [1.807, 2.05) is 44.7 Å². The number of guanidine groups is 1. The van der Waals surface area contributed by atoms with Gasteiger partial charge in [-0.15, -0.1) is 0 Å². The fraction of sp³-hybridized carbons (Fsp3) is 0.375. The third kappa shape index (κ3) is 4.00. The Morgan fingerprint density at radius 1 is 1.41 bits per heavy atom. The summed E-state index contributed by atoms with van der Waals surface area (Å²) >= 11 is 0. The number of nitrogens with zero attached hydrogens (tertiary/aromatic N) is 4. The number of nitrogens with one attached hydrogen (secondary N) is 1. The first-order chi connectivity index (χ1) is 10.6. The third-order valence-electron chi connectivity index (χ3n) is 3.38. The topological polar surface area (TPSA) is 54.7 Å². The van der Waals surface area contributed by atoms with Crippen molar-refractivity contribution in [3.63, 3.8) is 0 Å². The maximum atomic E-state index is 5.39.